The molecule has 2 aromatic carbocycles. The monoisotopic (exact) mass is 465 g/mol. The molecule has 0 aliphatic heterocycles. The number of benzene rings is 2. The van der Waals surface area contributed by atoms with Crippen LogP contribution in [-0.2, 0) is 18.9 Å². The summed E-state index contributed by atoms with van der Waals surface area (Å²) in [6.07, 6.45) is -9.09. The van der Waals surface area contributed by atoms with Crippen LogP contribution in [0.4, 0.5) is 30.7 Å². The molecule has 12 heteroatoms. The summed E-state index contributed by atoms with van der Waals surface area (Å²) in [5.74, 6) is -2.34. The second-order valence-corrected chi connectivity index (χ2v) is 6.72. The normalized spacial score (nSPS) is 12.1. The first-order valence-electron chi connectivity index (χ1n) is 8.43. The van der Waals surface area contributed by atoms with Crippen LogP contribution in [0.15, 0.2) is 48.7 Å². The quantitative estimate of drug-likeness (QED) is 0.507. The number of aromatic nitrogens is 2. The Kier molecular flexibility index (Phi) is 5.99. The summed E-state index contributed by atoms with van der Waals surface area (Å²) in [6, 6.07) is 6.71. The minimum absolute atomic E-state index is 0.0281. The van der Waals surface area contributed by atoms with Crippen LogP contribution in [0.1, 0.15) is 27.2 Å². The van der Waals surface area contributed by atoms with Gasteiger partial charge >= 0.3 is 12.4 Å². The lowest BCUT2D eigenvalue weighted by atomic mass is 10.1. The van der Waals surface area contributed by atoms with E-state index in [-0.39, 0.29) is 10.7 Å². The van der Waals surface area contributed by atoms with Crippen molar-refractivity contribution in [2.24, 2.45) is 0 Å². The molecular formula is C19H11ClF7N3O. The third-order valence-corrected chi connectivity index (χ3v) is 4.42. The summed E-state index contributed by atoms with van der Waals surface area (Å²) < 4.78 is 93.5. The molecule has 0 fully saturated rings. The Morgan fingerprint density at radius 1 is 1.00 bits per heavy atom. The molecule has 0 atom stereocenters. The van der Waals surface area contributed by atoms with Crippen molar-refractivity contribution in [1.29, 1.82) is 0 Å². The van der Waals surface area contributed by atoms with Gasteiger partial charge in [-0.3, -0.25) is 4.79 Å². The number of hydrogen-bond donors (Lipinski definition) is 1. The Bertz CT molecular complexity index is 1110. The Morgan fingerprint density at radius 3 is 2.23 bits per heavy atom. The van der Waals surface area contributed by atoms with Gasteiger partial charge in [0.15, 0.2) is 5.69 Å². The molecule has 164 valence electrons. The lowest BCUT2D eigenvalue weighted by Crippen LogP contribution is -2.27. The maximum atomic E-state index is 13.8. The van der Waals surface area contributed by atoms with Gasteiger partial charge in [0.25, 0.3) is 5.91 Å². The number of carbonyl (C=O) groups is 1. The van der Waals surface area contributed by atoms with Crippen LogP contribution in [-0.4, -0.2) is 15.7 Å². The van der Waals surface area contributed by atoms with Gasteiger partial charge in [0.2, 0.25) is 0 Å². The molecule has 0 saturated heterocycles. The molecule has 0 saturated carbocycles. The SMILES string of the molecule is O=C(NCc1cc(C(F)(F)F)ccc1F)c1cnn(-c2ccc(Cl)cc2)c1C(F)(F)F. The molecule has 0 bridgehead atoms. The Hall–Kier alpha value is -3.08. The van der Waals surface area contributed by atoms with Gasteiger partial charge in [0, 0.05) is 17.1 Å². The van der Waals surface area contributed by atoms with Crippen molar-refractivity contribution in [3.63, 3.8) is 0 Å². The average molecular weight is 466 g/mol. The fraction of sp³-hybridized carbons (Fsp3) is 0.158. The highest BCUT2D eigenvalue weighted by atomic mass is 35.5. The summed E-state index contributed by atoms with van der Waals surface area (Å²) in [6.45, 7) is -0.766. The van der Waals surface area contributed by atoms with Gasteiger partial charge in [-0.2, -0.15) is 31.4 Å². The molecule has 0 aliphatic carbocycles. The van der Waals surface area contributed by atoms with Gasteiger partial charge in [0.1, 0.15) is 5.82 Å². The molecule has 3 aromatic rings. The highest BCUT2D eigenvalue weighted by Gasteiger charge is 2.40. The van der Waals surface area contributed by atoms with Crippen molar-refractivity contribution in [1.82, 2.24) is 15.1 Å². The second-order valence-electron chi connectivity index (χ2n) is 6.28. The van der Waals surface area contributed by atoms with Crippen LogP contribution in [0.25, 0.3) is 5.69 Å². The van der Waals surface area contributed by atoms with Crippen LogP contribution in [0.3, 0.4) is 0 Å². The predicted octanol–water partition coefficient (Wildman–Crippen LogP) is 5.63. The Labute approximate surface area is 175 Å². The fourth-order valence-corrected chi connectivity index (χ4v) is 2.85. The van der Waals surface area contributed by atoms with Crippen molar-refractivity contribution in [2.45, 2.75) is 18.9 Å². The highest BCUT2D eigenvalue weighted by Crippen LogP contribution is 2.34. The van der Waals surface area contributed by atoms with E-state index in [1.165, 1.54) is 24.3 Å². The zero-order valence-corrected chi connectivity index (χ0v) is 15.9. The van der Waals surface area contributed by atoms with Crippen LogP contribution in [0.5, 0.6) is 0 Å². The second kappa shape index (κ2) is 8.22. The maximum Gasteiger partial charge on any atom is 0.434 e. The summed E-state index contributed by atoms with van der Waals surface area (Å²) in [5.41, 5.74) is -4.02. The third kappa shape index (κ3) is 4.98. The number of nitrogens with zero attached hydrogens (tertiary/aromatic N) is 2. The van der Waals surface area contributed by atoms with Crippen molar-refractivity contribution in [3.05, 3.63) is 81.9 Å². The first kappa shape index (κ1) is 22.6. The first-order valence-corrected chi connectivity index (χ1v) is 8.80. The number of rotatable bonds is 4. The number of nitrogens with one attached hydrogen (secondary N) is 1. The predicted molar refractivity (Wildman–Crippen MR) is 96.1 cm³/mol. The highest BCUT2D eigenvalue weighted by molar-refractivity contribution is 6.30. The average Bonchev–Trinajstić information content (AvgIpc) is 3.12. The summed E-state index contributed by atoms with van der Waals surface area (Å²) in [5, 5.41) is 5.86. The topological polar surface area (TPSA) is 46.9 Å². The van der Waals surface area contributed by atoms with Crippen LogP contribution >= 0.6 is 11.6 Å². The molecule has 0 radical (unpaired) electrons. The minimum atomic E-state index is -5.00. The summed E-state index contributed by atoms with van der Waals surface area (Å²) >= 11 is 5.72. The van der Waals surface area contributed by atoms with E-state index in [9.17, 15) is 35.5 Å². The van der Waals surface area contributed by atoms with Crippen LogP contribution in [0.2, 0.25) is 5.02 Å². The van der Waals surface area contributed by atoms with E-state index in [0.717, 1.165) is 0 Å². The number of halogens is 8. The third-order valence-electron chi connectivity index (χ3n) is 4.17. The summed E-state index contributed by atoms with van der Waals surface area (Å²) in [4.78, 5) is 12.3. The number of amides is 1. The van der Waals surface area contributed by atoms with Crippen molar-refractivity contribution < 1.29 is 35.5 Å². The van der Waals surface area contributed by atoms with Gasteiger partial charge in [-0.1, -0.05) is 11.6 Å². The molecule has 3 rings (SSSR count). The fourth-order valence-electron chi connectivity index (χ4n) is 2.72. The van der Waals surface area contributed by atoms with Gasteiger partial charge in [0.05, 0.1) is 23.0 Å². The van der Waals surface area contributed by atoms with Crippen LogP contribution < -0.4 is 5.32 Å². The minimum Gasteiger partial charge on any atom is -0.348 e. The van der Waals surface area contributed by atoms with Crippen LogP contribution in [0, 0.1) is 5.82 Å². The largest absolute Gasteiger partial charge is 0.434 e. The zero-order valence-electron chi connectivity index (χ0n) is 15.2. The number of carbonyl (C=O) groups excluding carboxylic acids is 1. The lowest BCUT2D eigenvalue weighted by Gasteiger charge is -2.13. The molecule has 0 spiro atoms. The molecular weight excluding hydrogens is 455 g/mol. The van der Waals surface area contributed by atoms with Crippen molar-refractivity contribution in [2.75, 3.05) is 0 Å². The molecule has 1 heterocycles. The van der Waals surface area contributed by atoms with E-state index in [1.807, 2.05) is 5.32 Å². The summed E-state index contributed by atoms with van der Waals surface area (Å²) in [7, 11) is 0. The molecule has 4 nitrogen and oxygen atoms in total. The van der Waals surface area contributed by atoms with E-state index in [0.29, 0.717) is 29.1 Å². The Morgan fingerprint density at radius 2 is 1.65 bits per heavy atom. The Balaban J connectivity index is 1.90. The van der Waals surface area contributed by atoms with E-state index in [2.05, 4.69) is 5.10 Å². The molecule has 1 N–H and O–H groups in total. The van der Waals surface area contributed by atoms with E-state index < -0.39 is 53.0 Å². The van der Waals surface area contributed by atoms with E-state index in [1.54, 1.807) is 0 Å². The van der Waals surface area contributed by atoms with E-state index in [4.69, 9.17) is 11.6 Å². The molecule has 0 aliphatic rings. The van der Waals surface area contributed by atoms with Gasteiger partial charge in [-0.15, -0.1) is 0 Å². The van der Waals surface area contributed by atoms with Gasteiger partial charge in [-0.25, -0.2) is 9.07 Å². The maximum absolute atomic E-state index is 13.8. The van der Waals surface area contributed by atoms with Gasteiger partial charge < -0.3 is 5.32 Å². The number of hydrogen-bond acceptors (Lipinski definition) is 2. The zero-order chi connectivity index (χ0) is 23.0. The smallest absolute Gasteiger partial charge is 0.348 e. The van der Waals surface area contributed by atoms with Crippen molar-refractivity contribution in [3.8, 4) is 5.69 Å². The molecule has 31 heavy (non-hydrogen) atoms. The molecule has 0 unspecified atom stereocenters. The first-order chi connectivity index (χ1) is 14.4. The molecule has 1 aromatic heterocycles. The standard InChI is InChI=1S/C19H11ClF7N3O/c20-12-2-4-13(5-3-12)30-16(19(25,26)27)14(9-29-30)17(31)28-8-10-7-11(18(22,23)24)1-6-15(10)21/h1-7,9H,8H2,(H,28,31). The lowest BCUT2D eigenvalue weighted by molar-refractivity contribution is -0.143. The molecule has 1 amide bonds. The van der Waals surface area contributed by atoms with Crippen molar-refractivity contribution >= 4 is 17.5 Å². The van der Waals surface area contributed by atoms with Gasteiger partial charge in [-0.05, 0) is 42.5 Å². The number of alkyl halides is 6. The van der Waals surface area contributed by atoms with E-state index >= 15 is 0 Å².